The molecule has 0 unspecified atom stereocenters. The first-order chi connectivity index (χ1) is 8.15. The van der Waals surface area contributed by atoms with Crippen LogP contribution in [0.2, 0.25) is 0 Å². The van der Waals surface area contributed by atoms with Gasteiger partial charge in [-0.15, -0.1) is 10.2 Å². The fourth-order valence-electron chi connectivity index (χ4n) is 1.33. The van der Waals surface area contributed by atoms with Crippen molar-refractivity contribution in [3.8, 4) is 11.5 Å². The van der Waals surface area contributed by atoms with Gasteiger partial charge < -0.3 is 9.73 Å². The van der Waals surface area contributed by atoms with Gasteiger partial charge in [-0.3, -0.25) is 0 Å². The van der Waals surface area contributed by atoms with E-state index in [-0.39, 0.29) is 5.82 Å². The first-order valence-electron chi connectivity index (χ1n) is 5.47. The van der Waals surface area contributed by atoms with Gasteiger partial charge in [-0.05, 0) is 24.3 Å². The van der Waals surface area contributed by atoms with Gasteiger partial charge in [0.1, 0.15) is 5.82 Å². The molecule has 0 atom stereocenters. The maximum Gasteiger partial charge on any atom is 0.247 e. The molecule has 4 nitrogen and oxygen atoms in total. The molecule has 17 heavy (non-hydrogen) atoms. The van der Waals surface area contributed by atoms with Gasteiger partial charge in [-0.1, -0.05) is 13.8 Å². The normalized spacial score (nSPS) is 11.1. The van der Waals surface area contributed by atoms with E-state index in [0.717, 1.165) is 5.56 Å². The maximum absolute atomic E-state index is 12.7. The van der Waals surface area contributed by atoms with E-state index in [2.05, 4.69) is 15.5 Å². The lowest BCUT2D eigenvalue weighted by Crippen LogP contribution is -2.21. The predicted molar refractivity (Wildman–Crippen MR) is 61.7 cm³/mol. The number of rotatable bonds is 4. The summed E-state index contributed by atoms with van der Waals surface area (Å²) in [5.74, 6) is 0.651. The fraction of sp³-hybridized carbons (Fsp3) is 0.333. The Balaban J connectivity index is 2.10. The van der Waals surface area contributed by atoms with E-state index in [1.165, 1.54) is 12.1 Å². The number of nitrogens with one attached hydrogen (secondary N) is 1. The molecule has 0 spiro atoms. The van der Waals surface area contributed by atoms with Crippen molar-refractivity contribution in [3.05, 3.63) is 36.0 Å². The second kappa shape index (κ2) is 5.05. The molecule has 0 saturated carbocycles. The minimum atomic E-state index is -0.282. The van der Waals surface area contributed by atoms with Gasteiger partial charge in [0.25, 0.3) is 0 Å². The van der Waals surface area contributed by atoms with Gasteiger partial charge in [-0.25, -0.2) is 4.39 Å². The van der Waals surface area contributed by atoms with Crippen molar-refractivity contribution < 1.29 is 8.81 Å². The van der Waals surface area contributed by atoms with Crippen molar-refractivity contribution >= 4 is 0 Å². The smallest absolute Gasteiger partial charge is 0.247 e. The summed E-state index contributed by atoms with van der Waals surface area (Å²) in [5, 5.41) is 11.0. The summed E-state index contributed by atoms with van der Waals surface area (Å²) in [6.45, 7) is 4.61. The summed E-state index contributed by atoms with van der Waals surface area (Å²) in [6, 6.07) is 6.32. The Hall–Kier alpha value is -1.75. The molecule has 1 aromatic heterocycles. The Morgan fingerprint density at radius 2 is 1.94 bits per heavy atom. The predicted octanol–water partition coefficient (Wildman–Crippen LogP) is 2.37. The van der Waals surface area contributed by atoms with Gasteiger partial charge in [0, 0.05) is 11.6 Å². The van der Waals surface area contributed by atoms with Crippen molar-refractivity contribution in [1.82, 2.24) is 15.5 Å². The van der Waals surface area contributed by atoms with Crippen LogP contribution in [0.15, 0.2) is 28.7 Å². The lowest BCUT2D eigenvalue weighted by molar-refractivity contribution is 0.459. The summed E-state index contributed by atoms with van der Waals surface area (Å²) in [5.41, 5.74) is 0.717. The quantitative estimate of drug-likeness (QED) is 0.883. The van der Waals surface area contributed by atoms with Gasteiger partial charge in [0.05, 0.1) is 6.54 Å². The standard InChI is InChI=1S/C12H14FN3O/c1-8(2)14-7-11-15-16-12(17-11)9-3-5-10(13)6-4-9/h3-6,8,14H,7H2,1-2H3. The van der Waals surface area contributed by atoms with Crippen LogP contribution in [0.1, 0.15) is 19.7 Å². The highest BCUT2D eigenvalue weighted by Crippen LogP contribution is 2.17. The lowest BCUT2D eigenvalue weighted by atomic mass is 10.2. The lowest BCUT2D eigenvalue weighted by Gasteiger charge is -2.03. The number of hydrogen-bond donors (Lipinski definition) is 1. The monoisotopic (exact) mass is 235 g/mol. The summed E-state index contributed by atoms with van der Waals surface area (Å²) in [4.78, 5) is 0. The first kappa shape index (κ1) is 11.7. The Morgan fingerprint density at radius 1 is 1.24 bits per heavy atom. The Bertz CT molecular complexity index is 479. The van der Waals surface area contributed by atoms with Crippen molar-refractivity contribution in [1.29, 1.82) is 0 Å². The highest BCUT2D eigenvalue weighted by Gasteiger charge is 2.08. The van der Waals surface area contributed by atoms with Gasteiger partial charge in [0.15, 0.2) is 0 Å². The summed E-state index contributed by atoms with van der Waals surface area (Å²) < 4.78 is 18.2. The molecular weight excluding hydrogens is 221 g/mol. The molecule has 2 aromatic rings. The fourth-order valence-corrected chi connectivity index (χ4v) is 1.33. The molecule has 0 aliphatic heterocycles. The first-order valence-corrected chi connectivity index (χ1v) is 5.47. The molecule has 2 rings (SSSR count). The highest BCUT2D eigenvalue weighted by atomic mass is 19.1. The van der Waals surface area contributed by atoms with Gasteiger partial charge >= 0.3 is 0 Å². The Morgan fingerprint density at radius 3 is 2.59 bits per heavy atom. The molecule has 0 aliphatic carbocycles. The van der Waals surface area contributed by atoms with Crippen LogP contribution < -0.4 is 5.32 Å². The average Bonchev–Trinajstić information content (AvgIpc) is 2.76. The van der Waals surface area contributed by atoms with Crippen molar-refractivity contribution in [2.24, 2.45) is 0 Å². The molecular formula is C12H14FN3O. The zero-order valence-corrected chi connectivity index (χ0v) is 9.77. The molecule has 5 heteroatoms. The van der Waals surface area contributed by atoms with Crippen LogP contribution in [0.25, 0.3) is 11.5 Å². The second-order valence-electron chi connectivity index (χ2n) is 4.04. The van der Waals surface area contributed by atoms with Gasteiger partial charge in [0.2, 0.25) is 11.8 Å². The van der Waals surface area contributed by atoms with Crippen LogP contribution >= 0.6 is 0 Å². The molecule has 0 aliphatic rings. The molecule has 0 saturated heterocycles. The summed E-state index contributed by atoms with van der Waals surface area (Å²) in [7, 11) is 0. The zero-order chi connectivity index (χ0) is 12.3. The molecule has 1 N–H and O–H groups in total. The molecule has 1 heterocycles. The van der Waals surface area contributed by atoms with E-state index in [9.17, 15) is 4.39 Å². The van der Waals surface area contributed by atoms with Crippen molar-refractivity contribution in [2.45, 2.75) is 26.4 Å². The number of aromatic nitrogens is 2. The SMILES string of the molecule is CC(C)NCc1nnc(-c2ccc(F)cc2)o1. The maximum atomic E-state index is 12.7. The number of nitrogens with zero attached hydrogens (tertiary/aromatic N) is 2. The van der Waals surface area contributed by atoms with Crippen LogP contribution in [0, 0.1) is 5.82 Å². The zero-order valence-electron chi connectivity index (χ0n) is 9.77. The van der Waals surface area contributed by atoms with E-state index in [1.807, 2.05) is 13.8 Å². The van der Waals surface area contributed by atoms with Crippen LogP contribution in [0.5, 0.6) is 0 Å². The number of benzene rings is 1. The van der Waals surface area contributed by atoms with E-state index in [4.69, 9.17) is 4.42 Å². The average molecular weight is 235 g/mol. The molecule has 0 radical (unpaired) electrons. The largest absolute Gasteiger partial charge is 0.419 e. The minimum Gasteiger partial charge on any atom is -0.419 e. The highest BCUT2D eigenvalue weighted by molar-refractivity contribution is 5.51. The van der Waals surface area contributed by atoms with Crippen molar-refractivity contribution in [2.75, 3.05) is 0 Å². The third kappa shape index (κ3) is 3.10. The van der Waals surface area contributed by atoms with E-state index < -0.39 is 0 Å². The van der Waals surface area contributed by atoms with Crippen LogP contribution in [-0.2, 0) is 6.54 Å². The molecule has 1 aromatic carbocycles. The number of hydrogen-bond acceptors (Lipinski definition) is 4. The topological polar surface area (TPSA) is 51.0 Å². The minimum absolute atomic E-state index is 0.282. The summed E-state index contributed by atoms with van der Waals surface area (Å²) >= 11 is 0. The van der Waals surface area contributed by atoms with E-state index >= 15 is 0 Å². The Labute approximate surface area is 98.9 Å². The van der Waals surface area contributed by atoms with Crippen molar-refractivity contribution in [3.63, 3.8) is 0 Å². The van der Waals surface area contributed by atoms with Gasteiger partial charge in [-0.2, -0.15) is 0 Å². The molecule has 0 bridgehead atoms. The summed E-state index contributed by atoms with van der Waals surface area (Å²) in [6.07, 6.45) is 0. The van der Waals surface area contributed by atoms with Crippen LogP contribution in [-0.4, -0.2) is 16.2 Å². The molecule has 0 fully saturated rings. The molecule has 90 valence electrons. The van der Waals surface area contributed by atoms with E-state index in [0.29, 0.717) is 24.4 Å². The Kier molecular flexibility index (Phi) is 3.49. The van der Waals surface area contributed by atoms with Crippen LogP contribution in [0.3, 0.4) is 0 Å². The van der Waals surface area contributed by atoms with Crippen LogP contribution in [0.4, 0.5) is 4.39 Å². The third-order valence-electron chi connectivity index (χ3n) is 2.22. The van der Waals surface area contributed by atoms with E-state index in [1.54, 1.807) is 12.1 Å². The molecule has 0 amide bonds. The number of halogens is 1. The second-order valence-corrected chi connectivity index (χ2v) is 4.04. The third-order valence-corrected chi connectivity index (χ3v) is 2.22.